The lowest BCUT2D eigenvalue weighted by Crippen LogP contribution is -2.60. The molecule has 0 saturated carbocycles. The Hall–Kier alpha value is -1.63. The maximum absolute atomic E-state index is 12.8. The number of hydrogen-bond acceptors (Lipinski definition) is 9. The molecule has 1 aromatic carbocycles. The van der Waals surface area contributed by atoms with E-state index < -0.39 is 49.1 Å². The normalized spacial score (nSPS) is 35.3. The summed E-state index contributed by atoms with van der Waals surface area (Å²) >= 11 is 0. The van der Waals surface area contributed by atoms with Gasteiger partial charge in [0, 0.05) is 18.4 Å². The molecule has 5 rings (SSSR count). The van der Waals surface area contributed by atoms with E-state index in [0.717, 1.165) is 37.7 Å². The average molecular weight is 717 g/mol. The number of aliphatic hydroxyl groups is 1. The Bertz CT molecular complexity index is 1360. The third-order valence-corrected chi connectivity index (χ3v) is 16.3. The van der Waals surface area contributed by atoms with Crippen molar-refractivity contribution in [2.45, 2.75) is 185 Å². The summed E-state index contributed by atoms with van der Waals surface area (Å²) in [5.41, 5.74) is -0.980. The van der Waals surface area contributed by atoms with Crippen LogP contribution in [-0.2, 0) is 44.2 Å². The van der Waals surface area contributed by atoms with Gasteiger partial charge in [-0.25, -0.2) is 4.79 Å². The van der Waals surface area contributed by atoms with Crippen LogP contribution in [0.4, 0.5) is 0 Å². The number of benzene rings is 1. The molecule has 1 spiro atoms. The van der Waals surface area contributed by atoms with Crippen LogP contribution < -0.4 is 0 Å². The molecule has 0 radical (unpaired) electrons. The van der Waals surface area contributed by atoms with Crippen LogP contribution in [-0.4, -0.2) is 85.2 Å². The Labute approximate surface area is 301 Å². The van der Waals surface area contributed by atoms with Crippen molar-refractivity contribution in [2.75, 3.05) is 6.61 Å². The van der Waals surface area contributed by atoms with E-state index in [2.05, 4.69) is 59.8 Å². The van der Waals surface area contributed by atoms with Crippen molar-refractivity contribution in [3.8, 4) is 0 Å². The van der Waals surface area contributed by atoms with Crippen molar-refractivity contribution in [3.05, 3.63) is 47.5 Å². The van der Waals surface area contributed by atoms with Crippen LogP contribution >= 0.6 is 0 Å². The molecule has 50 heavy (non-hydrogen) atoms. The fourth-order valence-electron chi connectivity index (χ4n) is 7.47. The van der Waals surface area contributed by atoms with Crippen LogP contribution in [0.2, 0.25) is 18.1 Å². The third kappa shape index (κ3) is 8.76. The second-order valence-electron chi connectivity index (χ2n) is 18.2. The maximum Gasteiger partial charge on any atom is 0.331 e. The van der Waals surface area contributed by atoms with Crippen molar-refractivity contribution in [1.29, 1.82) is 0 Å². The Balaban J connectivity index is 1.24. The van der Waals surface area contributed by atoms with Gasteiger partial charge in [-0.2, -0.15) is 0 Å². The molecule has 282 valence electrons. The highest BCUT2D eigenvalue weighted by molar-refractivity contribution is 6.74. The van der Waals surface area contributed by atoms with Crippen LogP contribution in [0.15, 0.2) is 42.0 Å². The number of hydrogen-bond donors (Lipinski definition) is 1. The van der Waals surface area contributed by atoms with Crippen molar-refractivity contribution < 1.29 is 42.7 Å². The van der Waals surface area contributed by atoms with Crippen molar-refractivity contribution in [2.24, 2.45) is 5.92 Å². The topological polar surface area (TPSA) is 105 Å². The minimum atomic E-state index is -2.37. The van der Waals surface area contributed by atoms with Gasteiger partial charge in [0.15, 0.2) is 14.1 Å². The molecule has 0 amide bonds. The van der Waals surface area contributed by atoms with Crippen LogP contribution in [0, 0.1) is 5.92 Å². The molecule has 4 saturated heterocycles. The summed E-state index contributed by atoms with van der Waals surface area (Å²) < 4.78 is 45.4. The Kier molecular flexibility index (Phi) is 11.3. The monoisotopic (exact) mass is 716 g/mol. The van der Waals surface area contributed by atoms with Gasteiger partial charge < -0.3 is 38.0 Å². The predicted molar refractivity (Wildman–Crippen MR) is 195 cm³/mol. The molecule has 9 nitrogen and oxygen atoms in total. The van der Waals surface area contributed by atoms with Gasteiger partial charge in [-0.05, 0) is 96.5 Å². The first-order valence-corrected chi connectivity index (χ1v) is 21.6. The summed E-state index contributed by atoms with van der Waals surface area (Å²) in [6, 6.07) is 10.2. The SMILES string of the molecule is C/C(=C\C(=O)OC(C)(C)C)[C@@](C)(O)[C@H](O[Si](C)(C)C(C)(C)C)[C@H]1O[C@H]1[C@@H]1CC[C@H]2O[C@@]3(CC[C@]2(C)O1)O[C@@H](COCc1ccccc1)C[C@@H]3C. The van der Waals surface area contributed by atoms with E-state index in [4.69, 9.17) is 32.8 Å². The molecule has 0 aromatic heterocycles. The van der Waals surface area contributed by atoms with E-state index in [1.54, 1.807) is 13.8 Å². The molecule has 4 heterocycles. The number of fused-ring (bicyclic) bond motifs is 1. The molecule has 4 aliphatic rings. The Morgan fingerprint density at radius 1 is 1.04 bits per heavy atom. The number of epoxide rings is 1. The first-order valence-electron chi connectivity index (χ1n) is 18.7. The highest BCUT2D eigenvalue weighted by Crippen LogP contribution is 2.53. The van der Waals surface area contributed by atoms with Gasteiger partial charge in [0.1, 0.15) is 29.5 Å². The van der Waals surface area contributed by atoms with Gasteiger partial charge in [-0.3, -0.25) is 0 Å². The van der Waals surface area contributed by atoms with Gasteiger partial charge in [0.25, 0.3) is 0 Å². The lowest BCUT2D eigenvalue weighted by atomic mass is 9.78. The molecule has 1 N–H and O–H groups in total. The molecule has 4 fully saturated rings. The zero-order valence-electron chi connectivity index (χ0n) is 32.7. The Morgan fingerprint density at radius 2 is 1.72 bits per heavy atom. The van der Waals surface area contributed by atoms with Gasteiger partial charge in [0.2, 0.25) is 0 Å². The summed E-state index contributed by atoms with van der Waals surface area (Å²) in [5, 5.41) is 12.0. The third-order valence-electron chi connectivity index (χ3n) is 11.8. The number of carbonyl (C=O) groups is 1. The molecule has 0 unspecified atom stereocenters. The van der Waals surface area contributed by atoms with Gasteiger partial charge in [-0.15, -0.1) is 0 Å². The van der Waals surface area contributed by atoms with Crippen molar-refractivity contribution >= 4 is 14.3 Å². The van der Waals surface area contributed by atoms with E-state index in [9.17, 15) is 9.90 Å². The first kappa shape index (κ1) is 39.6. The quantitative estimate of drug-likeness (QED) is 0.107. The number of rotatable bonds is 11. The summed E-state index contributed by atoms with van der Waals surface area (Å²) in [5.74, 6) is -0.872. The highest BCUT2D eigenvalue weighted by atomic mass is 28.4. The minimum Gasteiger partial charge on any atom is -0.457 e. The molecule has 10 heteroatoms. The van der Waals surface area contributed by atoms with Gasteiger partial charge in [-0.1, -0.05) is 58.0 Å². The standard InChI is InChI=1S/C40H64O9Si/c1-26(23-32(41)48-36(3,4)5)39(10,42)35(49-50(11,12)37(6,7)8)34-33(44-34)30-18-19-31-38(9,46-30)20-21-40(47-31)27(2)22-29(45-40)25-43-24-28-16-14-13-15-17-28/h13-17,23,27,29-31,33-35,42H,18-22,24-25H2,1-12H3/b26-23+/t27-,29+,30-,31+,33-,34-,35+,38-,39+,40+/m0/s1. The summed E-state index contributed by atoms with van der Waals surface area (Å²) in [6.45, 7) is 25.3. The lowest BCUT2D eigenvalue weighted by molar-refractivity contribution is -0.345. The van der Waals surface area contributed by atoms with E-state index >= 15 is 0 Å². The smallest absolute Gasteiger partial charge is 0.331 e. The molecule has 1 aromatic rings. The van der Waals surface area contributed by atoms with E-state index in [-0.39, 0.29) is 35.4 Å². The molecular formula is C40H64O9Si. The highest BCUT2D eigenvalue weighted by Gasteiger charge is 2.63. The molecule has 0 bridgehead atoms. The minimum absolute atomic E-state index is 0.00519. The molecule has 0 aliphatic carbocycles. The number of carbonyl (C=O) groups excluding carboxylic acids is 1. The summed E-state index contributed by atoms with van der Waals surface area (Å²) in [6.07, 6.45) is 3.82. The van der Waals surface area contributed by atoms with E-state index in [1.807, 2.05) is 39.0 Å². The summed E-state index contributed by atoms with van der Waals surface area (Å²) in [4.78, 5) is 12.8. The maximum atomic E-state index is 12.8. The van der Waals surface area contributed by atoms with Crippen molar-refractivity contribution in [3.63, 3.8) is 0 Å². The fourth-order valence-corrected chi connectivity index (χ4v) is 8.82. The molecular weight excluding hydrogens is 653 g/mol. The second-order valence-corrected chi connectivity index (χ2v) is 23.0. The molecule has 4 aliphatic heterocycles. The zero-order valence-corrected chi connectivity index (χ0v) is 33.7. The Morgan fingerprint density at radius 3 is 2.36 bits per heavy atom. The molecule has 10 atom stereocenters. The van der Waals surface area contributed by atoms with E-state index in [0.29, 0.717) is 18.8 Å². The largest absolute Gasteiger partial charge is 0.457 e. The fraction of sp³-hybridized carbons (Fsp3) is 0.775. The van der Waals surface area contributed by atoms with E-state index in [1.165, 1.54) is 6.08 Å². The van der Waals surface area contributed by atoms with Gasteiger partial charge in [0.05, 0.1) is 37.1 Å². The second kappa shape index (κ2) is 14.3. The van der Waals surface area contributed by atoms with Crippen molar-refractivity contribution in [1.82, 2.24) is 0 Å². The van der Waals surface area contributed by atoms with Crippen LogP contribution in [0.5, 0.6) is 0 Å². The number of esters is 1. The van der Waals surface area contributed by atoms with Crippen LogP contribution in [0.3, 0.4) is 0 Å². The first-order chi connectivity index (χ1) is 23.1. The number of ether oxygens (including phenoxy) is 6. The van der Waals surface area contributed by atoms with Crippen LogP contribution in [0.25, 0.3) is 0 Å². The zero-order chi connectivity index (χ0) is 36.9. The summed E-state index contributed by atoms with van der Waals surface area (Å²) in [7, 11) is -2.37. The van der Waals surface area contributed by atoms with Gasteiger partial charge >= 0.3 is 5.97 Å². The lowest BCUT2D eigenvalue weighted by Gasteiger charge is -2.53. The predicted octanol–water partition coefficient (Wildman–Crippen LogP) is 7.64. The average Bonchev–Trinajstić information content (AvgIpc) is 3.73. The van der Waals surface area contributed by atoms with Crippen LogP contribution in [0.1, 0.15) is 107 Å².